The van der Waals surface area contributed by atoms with Crippen LogP contribution in [0.1, 0.15) is 0 Å². The Morgan fingerprint density at radius 1 is 1.00 bits per heavy atom. The lowest BCUT2D eigenvalue weighted by Gasteiger charge is -2.11. The summed E-state index contributed by atoms with van der Waals surface area (Å²) in [5.74, 6) is 0. The van der Waals surface area contributed by atoms with Crippen LogP contribution in [0.2, 0.25) is 10.0 Å². The topological polar surface area (TPSA) is 58.2 Å². The van der Waals surface area contributed by atoms with E-state index in [4.69, 9.17) is 35.4 Å². The lowest BCUT2D eigenvalue weighted by Crippen LogP contribution is -2.34. The average molecular weight is 361 g/mol. The van der Waals surface area contributed by atoms with Gasteiger partial charge in [0.25, 0.3) is 10.0 Å². The average Bonchev–Trinajstić information content (AvgIpc) is 2.37. The van der Waals surface area contributed by atoms with Crippen molar-refractivity contribution in [3.8, 4) is 0 Å². The van der Waals surface area contributed by atoms with E-state index in [1.54, 1.807) is 36.4 Å². The SMILES string of the molecule is O=S(=O)(NC(=S)Nc1cc(Cl)cc(Cl)c1)c1ccccc1. The van der Waals surface area contributed by atoms with Crippen molar-refractivity contribution in [3.63, 3.8) is 0 Å². The zero-order valence-corrected chi connectivity index (χ0v) is 13.7. The lowest BCUT2D eigenvalue weighted by atomic mass is 10.3. The van der Waals surface area contributed by atoms with E-state index in [0.29, 0.717) is 15.7 Å². The number of benzene rings is 2. The van der Waals surface area contributed by atoms with Crippen LogP contribution in [0.15, 0.2) is 53.4 Å². The number of anilines is 1. The summed E-state index contributed by atoms with van der Waals surface area (Å²) in [5, 5.41) is 3.48. The third-order valence-electron chi connectivity index (χ3n) is 2.40. The number of sulfonamides is 1. The first-order valence-electron chi connectivity index (χ1n) is 5.72. The van der Waals surface area contributed by atoms with Crippen LogP contribution >= 0.6 is 35.4 Å². The van der Waals surface area contributed by atoms with E-state index in [-0.39, 0.29) is 10.0 Å². The molecule has 0 bridgehead atoms. The van der Waals surface area contributed by atoms with Gasteiger partial charge in [0.05, 0.1) is 4.90 Å². The van der Waals surface area contributed by atoms with Crippen LogP contribution in [0.4, 0.5) is 5.69 Å². The summed E-state index contributed by atoms with van der Waals surface area (Å²) in [4.78, 5) is 0.123. The summed E-state index contributed by atoms with van der Waals surface area (Å²) in [6.07, 6.45) is 0. The van der Waals surface area contributed by atoms with Crippen molar-refractivity contribution in [1.29, 1.82) is 0 Å². The first-order valence-corrected chi connectivity index (χ1v) is 8.36. The van der Waals surface area contributed by atoms with Crippen LogP contribution in [0.5, 0.6) is 0 Å². The van der Waals surface area contributed by atoms with Crippen LogP contribution in [0.3, 0.4) is 0 Å². The van der Waals surface area contributed by atoms with Crippen LogP contribution in [0.25, 0.3) is 0 Å². The van der Waals surface area contributed by atoms with Crippen molar-refractivity contribution >= 4 is 56.2 Å². The van der Waals surface area contributed by atoms with Gasteiger partial charge < -0.3 is 5.32 Å². The third kappa shape index (κ3) is 4.57. The molecule has 0 unspecified atom stereocenters. The second kappa shape index (κ2) is 6.62. The fraction of sp³-hybridized carbons (Fsp3) is 0. The molecule has 0 amide bonds. The fourth-order valence-electron chi connectivity index (χ4n) is 1.56. The molecule has 0 aromatic heterocycles. The first kappa shape index (κ1) is 16.0. The summed E-state index contributed by atoms with van der Waals surface area (Å²) in [6, 6.07) is 12.6. The van der Waals surface area contributed by atoms with E-state index in [0.717, 1.165) is 0 Å². The molecule has 0 aliphatic rings. The third-order valence-corrected chi connectivity index (χ3v) is 4.54. The van der Waals surface area contributed by atoms with E-state index >= 15 is 0 Å². The van der Waals surface area contributed by atoms with Gasteiger partial charge in [-0.1, -0.05) is 41.4 Å². The quantitative estimate of drug-likeness (QED) is 0.819. The molecule has 0 spiro atoms. The molecule has 0 saturated carbocycles. The highest BCUT2D eigenvalue weighted by molar-refractivity contribution is 7.92. The summed E-state index contributed by atoms with van der Waals surface area (Å²) >= 11 is 16.7. The van der Waals surface area contributed by atoms with Gasteiger partial charge in [0.15, 0.2) is 5.11 Å². The van der Waals surface area contributed by atoms with Crippen LogP contribution < -0.4 is 10.0 Å². The Morgan fingerprint density at radius 2 is 1.57 bits per heavy atom. The number of thiocarbonyl (C=S) groups is 1. The Hall–Kier alpha value is -1.34. The van der Waals surface area contributed by atoms with Crippen molar-refractivity contribution in [2.45, 2.75) is 4.90 Å². The zero-order valence-electron chi connectivity index (χ0n) is 10.5. The highest BCUT2D eigenvalue weighted by atomic mass is 35.5. The van der Waals surface area contributed by atoms with Gasteiger partial charge in [0, 0.05) is 15.7 Å². The molecule has 0 heterocycles. The molecular weight excluding hydrogens is 351 g/mol. The molecule has 4 nitrogen and oxygen atoms in total. The van der Waals surface area contributed by atoms with Crippen molar-refractivity contribution in [3.05, 3.63) is 58.6 Å². The predicted octanol–water partition coefficient (Wildman–Crippen LogP) is 3.67. The van der Waals surface area contributed by atoms with E-state index in [9.17, 15) is 8.42 Å². The molecule has 0 fully saturated rings. The molecule has 2 aromatic carbocycles. The van der Waals surface area contributed by atoms with Gasteiger partial charge in [0.2, 0.25) is 0 Å². The minimum Gasteiger partial charge on any atom is -0.332 e. The molecule has 0 aliphatic heterocycles. The summed E-state index contributed by atoms with van der Waals surface area (Å²) in [7, 11) is -3.72. The van der Waals surface area contributed by atoms with Gasteiger partial charge in [-0.05, 0) is 42.5 Å². The minimum atomic E-state index is -3.72. The van der Waals surface area contributed by atoms with E-state index < -0.39 is 10.0 Å². The van der Waals surface area contributed by atoms with Gasteiger partial charge in [-0.3, -0.25) is 4.72 Å². The van der Waals surface area contributed by atoms with Gasteiger partial charge in [0.1, 0.15) is 0 Å². The zero-order chi connectivity index (χ0) is 15.5. The van der Waals surface area contributed by atoms with Crippen molar-refractivity contribution in [2.75, 3.05) is 5.32 Å². The van der Waals surface area contributed by atoms with Crippen molar-refractivity contribution < 1.29 is 8.42 Å². The highest BCUT2D eigenvalue weighted by Gasteiger charge is 2.15. The Kier molecular flexibility index (Phi) is 5.05. The fourth-order valence-corrected chi connectivity index (χ4v) is 3.46. The smallest absolute Gasteiger partial charge is 0.263 e. The Morgan fingerprint density at radius 3 is 2.14 bits per heavy atom. The normalized spacial score (nSPS) is 11.0. The second-order valence-corrected chi connectivity index (χ2v) is 6.99. The lowest BCUT2D eigenvalue weighted by molar-refractivity contribution is 0.593. The highest BCUT2D eigenvalue weighted by Crippen LogP contribution is 2.22. The van der Waals surface area contributed by atoms with Crippen LogP contribution in [-0.4, -0.2) is 13.5 Å². The molecule has 0 saturated heterocycles. The number of hydrogen-bond acceptors (Lipinski definition) is 3. The van der Waals surface area contributed by atoms with Crippen LogP contribution in [0, 0.1) is 0 Å². The minimum absolute atomic E-state index is 0.0720. The Labute approximate surface area is 138 Å². The Bertz CT molecular complexity index is 745. The largest absolute Gasteiger partial charge is 0.332 e. The van der Waals surface area contributed by atoms with E-state index in [2.05, 4.69) is 10.0 Å². The van der Waals surface area contributed by atoms with E-state index in [1.165, 1.54) is 12.1 Å². The molecule has 2 aromatic rings. The van der Waals surface area contributed by atoms with Gasteiger partial charge in [-0.15, -0.1) is 0 Å². The molecule has 0 aliphatic carbocycles. The maximum absolute atomic E-state index is 12.1. The molecule has 8 heteroatoms. The summed E-state index contributed by atoms with van der Waals surface area (Å²) in [6.45, 7) is 0. The van der Waals surface area contributed by atoms with Crippen LogP contribution in [-0.2, 0) is 10.0 Å². The van der Waals surface area contributed by atoms with Gasteiger partial charge in [-0.25, -0.2) is 8.42 Å². The molecule has 2 rings (SSSR count). The molecule has 2 N–H and O–H groups in total. The van der Waals surface area contributed by atoms with Crippen molar-refractivity contribution in [2.24, 2.45) is 0 Å². The number of halogens is 2. The molecule has 0 radical (unpaired) electrons. The van der Waals surface area contributed by atoms with Crippen molar-refractivity contribution in [1.82, 2.24) is 4.72 Å². The standard InChI is InChI=1S/C13H10Cl2N2O2S2/c14-9-6-10(15)8-11(7-9)16-13(20)17-21(18,19)12-4-2-1-3-5-12/h1-8H,(H2,16,17,20). The van der Waals surface area contributed by atoms with Gasteiger partial charge >= 0.3 is 0 Å². The van der Waals surface area contributed by atoms with E-state index in [1.807, 2.05) is 0 Å². The second-order valence-electron chi connectivity index (χ2n) is 4.03. The predicted molar refractivity (Wildman–Crippen MR) is 89.4 cm³/mol. The number of hydrogen-bond donors (Lipinski definition) is 2. The summed E-state index contributed by atoms with van der Waals surface area (Å²) in [5.41, 5.74) is 0.494. The number of nitrogens with one attached hydrogen (secondary N) is 2. The molecule has 21 heavy (non-hydrogen) atoms. The summed E-state index contributed by atoms with van der Waals surface area (Å²) < 4.78 is 26.4. The molecule has 0 atom stereocenters. The maximum Gasteiger partial charge on any atom is 0.263 e. The maximum atomic E-state index is 12.1. The monoisotopic (exact) mass is 360 g/mol. The number of rotatable bonds is 3. The Balaban J connectivity index is 2.11. The first-order chi connectivity index (χ1) is 9.87. The van der Waals surface area contributed by atoms with Gasteiger partial charge in [-0.2, -0.15) is 0 Å². The molecular formula is C13H10Cl2N2O2S2. The molecule has 110 valence electrons.